The van der Waals surface area contributed by atoms with Gasteiger partial charge in [-0.1, -0.05) is 6.07 Å². The van der Waals surface area contributed by atoms with Crippen LogP contribution in [0.5, 0.6) is 0 Å². The topological polar surface area (TPSA) is 70.6 Å². The van der Waals surface area contributed by atoms with Crippen molar-refractivity contribution in [3.8, 4) is 0 Å². The van der Waals surface area contributed by atoms with Crippen LogP contribution >= 0.6 is 11.3 Å². The number of carbonyl (C=O) groups is 1. The predicted molar refractivity (Wildman–Crippen MR) is 90.9 cm³/mol. The SMILES string of the molecule is O=C(NCc1cccs1)N1Cc2cnc(N3CCOCC3)nc2C1. The van der Waals surface area contributed by atoms with Crippen molar-refractivity contribution in [1.29, 1.82) is 0 Å². The lowest BCUT2D eigenvalue weighted by Crippen LogP contribution is -2.37. The number of rotatable bonds is 3. The molecule has 0 saturated carbocycles. The molecule has 0 atom stereocenters. The highest BCUT2D eigenvalue weighted by Crippen LogP contribution is 2.23. The second kappa shape index (κ2) is 6.74. The largest absolute Gasteiger partial charge is 0.378 e. The highest BCUT2D eigenvalue weighted by Gasteiger charge is 2.26. The summed E-state index contributed by atoms with van der Waals surface area (Å²) in [5, 5.41) is 4.97. The van der Waals surface area contributed by atoms with Crippen molar-refractivity contribution in [2.24, 2.45) is 0 Å². The Morgan fingerprint density at radius 2 is 2.21 bits per heavy atom. The Hall–Kier alpha value is -2.19. The predicted octanol–water partition coefficient (Wildman–Crippen LogP) is 1.60. The fraction of sp³-hybridized carbons (Fsp3) is 0.438. The summed E-state index contributed by atoms with van der Waals surface area (Å²) in [6, 6.07) is 3.94. The van der Waals surface area contributed by atoms with Gasteiger partial charge >= 0.3 is 6.03 Å². The van der Waals surface area contributed by atoms with E-state index in [0.717, 1.165) is 35.2 Å². The molecule has 1 fully saturated rings. The number of thiophene rings is 1. The molecular weight excluding hydrogens is 326 g/mol. The first kappa shape index (κ1) is 15.3. The molecule has 2 aromatic heterocycles. The van der Waals surface area contributed by atoms with Crippen molar-refractivity contribution < 1.29 is 9.53 Å². The first-order chi connectivity index (χ1) is 11.8. The molecule has 0 bridgehead atoms. The minimum absolute atomic E-state index is 0.0608. The number of ether oxygens (including phenoxy) is 1. The maximum Gasteiger partial charge on any atom is 0.318 e. The number of nitrogens with zero attached hydrogens (tertiary/aromatic N) is 4. The number of hydrogen-bond acceptors (Lipinski definition) is 6. The van der Waals surface area contributed by atoms with Gasteiger partial charge in [0.15, 0.2) is 0 Å². The van der Waals surface area contributed by atoms with Crippen LogP contribution in [0, 0.1) is 0 Å². The van der Waals surface area contributed by atoms with E-state index in [9.17, 15) is 4.79 Å². The molecule has 1 N–H and O–H groups in total. The molecule has 24 heavy (non-hydrogen) atoms. The average Bonchev–Trinajstić information content (AvgIpc) is 3.29. The highest BCUT2D eigenvalue weighted by molar-refractivity contribution is 7.09. The van der Waals surface area contributed by atoms with Crippen LogP contribution in [0.2, 0.25) is 0 Å². The Labute approximate surface area is 144 Å². The molecule has 2 aromatic rings. The molecule has 7 nitrogen and oxygen atoms in total. The molecule has 0 aliphatic carbocycles. The number of morpholine rings is 1. The molecular formula is C16H19N5O2S. The second-order valence-corrected chi connectivity index (χ2v) is 6.87. The van der Waals surface area contributed by atoms with Crippen LogP contribution in [0.3, 0.4) is 0 Å². The third kappa shape index (κ3) is 3.20. The van der Waals surface area contributed by atoms with Gasteiger partial charge in [0.1, 0.15) is 0 Å². The summed E-state index contributed by atoms with van der Waals surface area (Å²) in [6.07, 6.45) is 1.85. The smallest absolute Gasteiger partial charge is 0.318 e. The van der Waals surface area contributed by atoms with Crippen molar-refractivity contribution in [2.75, 3.05) is 31.2 Å². The molecule has 0 spiro atoms. The van der Waals surface area contributed by atoms with Crippen LogP contribution in [0.4, 0.5) is 10.7 Å². The standard InChI is InChI=1S/C16H19N5O2S/c22-16(18-9-13-2-1-7-24-13)21-10-12-8-17-15(19-14(12)11-21)20-3-5-23-6-4-20/h1-2,7-8H,3-6,9-11H2,(H,18,22). The quantitative estimate of drug-likeness (QED) is 0.915. The van der Waals surface area contributed by atoms with E-state index >= 15 is 0 Å². The van der Waals surface area contributed by atoms with Crippen LogP contribution in [-0.2, 0) is 24.4 Å². The minimum Gasteiger partial charge on any atom is -0.378 e. The van der Waals surface area contributed by atoms with Crippen LogP contribution in [0.1, 0.15) is 16.1 Å². The number of urea groups is 1. The average molecular weight is 345 g/mol. The maximum atomic E-state index is 12.3. The zero-order chi connectivity index (χ0) is 16.4. The number of hydrogen-bond donors (Lipinski definition) is 1. The molecule has 0 radical (unpaired) electrons. The zero-order valence-electron chi connectivity index (χ0n) is 13.3. The Morgan fingerprint density at radius 1 is 1.33 bits per heavy atom. The first-order valence-electron chi connectivity index (χ1n) is 8.02. The van der Waals surface area contributed by atoms with Gasteiger partial charge in [-0.25, -0.2) is 14.8 Å². The zero-order valence-corrected chi connectivity index (χ0v) is 14.1. The van der Waals surface area contributed by atoms with Crippen LogP contribution in [0.25, 0.3) is 0 Å². The molecule has 2 aliphatic heterocycles. The summed E-state index contributed by atoms with van der Waals surface area (Å²) in [6.45, 7) is 4.69. The fourth-order valence-corrected chi connectivity index (χ4v) is 3.53. The van der Waals surface area contributed by atoms with Gasteiger partial charge in [-0.15, -0.1) is 11.3 Å². The van der Waals surface area contributed by atoms with Crippen molar-refractivity contribution in [3.05, 3.63) is 39.8 Å². The van der Waals surface area contributed by atoms with Gasteiger partial charge < -0.3 is 19.9 Å². The molecule has 0 unspecified atom stereocenters. The van der Waals surface area contributed by atoms with Crippen molar-refractivity contribution >= 4 is 23.3 Å². The maximum absolute atomic E-state index is 12.3. The van der Waals surface area contributed by atoms with Gasteiger partial charge in [0, 0.05) is 29.7 Å². The lowest BCUT2D eigenvalue weighted by molar-refractivity contribution is 0.122. The van der Waals surface area contributed by atoms with E-state index in [1.54, 1.807) is 16.2 Å². The Balaban J connectivity index is 1.39. The number of fused-ring (bicyclic) bond motifs is 1. The molecule has 4 rings (SSSR count). The van der Waals surface area contributed by atoms with Crippen LogP contribution in [-0.4, -0.2) is 47.2 Å². The van der Waals surface area contributed by atoms with Gasteiger partial charge in [0.25, 0.3) is 0 Å². The highest BCUT2D eigenvalue weighted by atomic mass is 32.1. The number of aromatic nitrogens is 2. The lowest BCUT2D eigenvalue weighted by Gasteiger charge is -2.26. The summed E-state index contributed by atoms with van der Waals surface area (Å²) in [5.74, 6) is 0.734. The Kier molecular flexibility index (Phi) is 4.31. The van der Waals surface area contributed by atoms with Crippen LogP contribution < -0.4 is 10.2 Å². The van der Waals surface area contributed by atoms with Gasteiger partial charge in [-0.05, 0) is 11.4 Å². The Morgan fingerprint density at radius 3 is 3.00 bits per heavy atom. The number of amides is 2. The summed E-state index contributed by atoms with van der Waals surface area (Å²) < 4.78 is 5.36. The minimum atomic E-state index is -0.0608. The Bertz CT molecular complexity index is 715. The second-order valence-electron chi connectivity index (χ2n) is 5.84. The van der Waals surface area contributed by atoms with Crippen LogP contribution in [0.15, 0.2) is 23.7 Å². The lowest BCUT2D eigenvalue weighted by atomic mass is 10.3. The molecule has 8 heteroatoms. The van der Waals surface area contributed by atoms with Crippen molar-refractivity contribution in [3.63, 3.8) is 0 Å². The molecule has 4 heterocycles. The van der Waals surface area contributed by atoms with E-state index in [0.29, 0.717) is 32.8 Å². The molecule has 2 aliphatic rings. The normalized spacial score (nSPS) is 17.0. The number of anilines is 1. The van der Waals surface area contributed by atoms with E-state index in [1.807, 2.05) is 23.7 Å². The molecule has 1 saturated heterocycles. The van der Waals surface area contributed by atoms with E-state index in [-0.39, 0.29) is 6.03 Å². The third-order valence-corrected chi connectivity index (χ3v) is 5.09. The first-order valence-corrected chi connectivity index (χ1v) is 8.90. The van der Waals surface area contributed by atoms with Crippen molar-refractivity contribution in [1.82, 2.24) is 20.2 Å². The third-order valence-electron chi connectivity index (χ3n) is 4.22. The van der Waals surface area contributed by atoms with E-state index in [4.69, 9.17) is 4.74 Å². The monoisotopic (exact) mass is 345 g/mol. The molecule has 2 amide bonds. The summed E-state index contributed by atoms with van der Waals surface area (Å²) in [7, 11) is 0. The van der Waals surface area contributed by atoms with Gasteiger partial charge in [0.2, 0.25) is 5.95 Å². The summed E-state index contributed by atoms with van der Waals surface area (Å²) in [4.78, 5) is 26.5. The van der Waals surface area contributed by atoms with Gasteiger partial charge in [-0.2, -0.15) is 0 Å². The van der Waals surface area contributed by atoms with E-state index in [1.165, 1.54) is 0 Å². The summed E-state index contributed by atoms with van der Waals surface area (Å²) >= 11 is 1.64. The number of nitrogens with one attached hydrogen (secondary N) is 1. The number of carbonyl (C=O) groups excluding carboxylic acids is 1. The van der Waals surface area contributed by atoms with E-state index in [2.05, 4.69) is 20.2 Å². The van der Waals surface area contributed by atoms with Crippen molar-refractivity contribution in [2.45, 2.75) is 19.6 Å². The van der Waals surface area contributed by atoms with Gasteiger partial charge in [0.05, 0.1) is 38.5 Å². The fourth-order valence-electron chi connectivity index (χ4n) is 2.89. The van der Waals surface area contributed by atoms with Gasteiger partial charge in [-0.3, -0.25) is 0 Å². The van der Waals surface area contributed by atoms with E-state index < -0.39 is 0 Å². The molecule has 126 valence electrons. The summed E-state index contributed by atoms with van der Waals surface area (Å²) in [5.41, 5.74) is 1.97. The molecule has 0 aromatic carbocycles.